The molecule has 56 valence electrons. The van der Waals surface area contributed by atoms with Gasteiger partial charge in [0.05, 0.1) is 0 Å². The van der Waals surface area contributed by atoms with Gasteiger partial charge in [0.1, 0.15) is 4.71 Å². The first kappa shape index (κ1) is 9.20. The van der Waals surface area contributed by atoms with Crippen LogP contribution in [0.3, 0.4) is 0 Å². The van der Waals surface area contributed by atoms with Crippen LogP contribution in [-0.4, -0.2) is 31.1 Å². The van der Waals surface area contributed by atoms with E-state index in [2.05, 4.69) is 0 Å². The van der Waals surface area contributed by atoms with E-state index >= 15 is 0 Å². The van der Waals surface area contributed by atoms with Crippen LogP contribution in [0.15, 0.2) is 0 Å². The second-order valence-corrected chi connectivity index (χ2v) is 4.77. The Bertz CT molecular complexity index is 163. The number of rotatable bonds is 3. The third-order valence-corrected chi connectivity index (χ3v) is 3.17. The molecule has 0 aliphatic heterocycles. The molecule has 5 heteroatoms. The van der Waals surface area contributed by atoms with Crippen molar-refractivity contribution in [2.75, 3.05) is 12.9 Å². The smallest absolute Gasteiger partial charge is 0.164 e. The maximum atomic E-state index is 10.5. The van der Waals surface area contributed by atoms with Gasteiger partial charge in [-0.25, -0.2) is 8.42 Å². The fraction of sp³-hybridized carbons (Fsp3) is 1.00. The minimum absolute atomic E-state index is 0.0976. The molecule has 0 amide bonds. The quantitative estimate of drug-likeness (QED) is 0.609. The molecule has 0 bridgehead atoms. The van der Waals surface area contributed by atoms with Crippen LogP contribution in [0, 0.1) is 0 Å². The molecule has 0 saturated carbocycles. The van der Waals surface area contributed by atoms with E-state index in [4.69, 9.17) is 16.7 Å². The summed E-state index contributed by atoms with van der Waals surface area (Å²) in [5.41, 5.74) is 0. The molecule has 0 rings (SSSR count). The summed E-state index contributed by atoms with van der Waals surface area (Å²) >= 11 is 5.31. The van der Waals surface area contributed by atoms with Crippen LogP contribution in [0.1, 0.15) is 6.42 Å². The number of hydrogen-bond donors (Lipinski definition) is 1. The van der Waals surface area contributed by atoms with Crippen molar-refractivity contribution < 1.29 is 13.5 Å². The third kappa shape index (κ3) is 3.72. The van der Waals surface area contributed by atoms with Crippen LogP contribution in [0.5, 0.6) is 0 Å². The van der Waals surface area contributed by atoms with Crippen molar-refractivity contribution in [2.24, 2.45) is 0 Å². The lowest BCUT2D eigenvalue weighted by Gasteiger charge is -2.02. The maximum absolute atomic E-state index is 10.5. The Balaban J connectivity index is 3.90. The topological polar surface area (TPSA) is 54.4 Å². The van der Waals surface area contributed by atoms with Crippen molar-refractivity contribution in [1.82, 2.24) is 0 Å². The maximum Gasteiger partial charge on any atom is 0.164 e. The minimum atomic E-state index is -3.16. The van der Waals surface area contributed by atoms with Gasteiger partial charge in [-0.1, -0.05) is 0 Å². The average Bonchev–Trinajstić information content (AvgIpc) is 1.64. The van der Waals surface area contributed by atoms with Gasteiger partial charge in [0.25, 0.3) is 0 Å². The summed E-state index contributed by atoms with van der Waals surface area (Å²) in [6, 6.07) is 0. The molecule has 1 unspecified atom stereocenters. The van der Waals surface area contributed by atoms with Gasteiger partial charge in [-0.2, -0.15) is 0 Å². The van der Waals surface area contributed by atoms with Crippen molar-refractivity contribution in [3.8, 4) is 0 Å². The van der Waals surface area contributed by atoms with Crippen molar-refractivity contribution in [2.45, 2.75) is 11.1 Å². The van der Waals surface area contributed by atoms with Crippen LogP contribution in [0.25, 0.3) is 0 Å². The molecule has 1 N–H and O–H groups in total. The molecular weight excluding hydrogens is 164 g/mol. The molecular formula is C4H9ClO3S. The Morgan fingerprint density at radius 1 is 1.67 bits per heavy atom. The van der Waals surface area contributed by atoms with Crippen LogP contribution in [0.2, 0.25) is 0 Å². The molecule has 0 aromatic carbocycles. The van der Waals surface area contributed by atoms with E-state index in [9.17, 15) is 8.42 Å². The molecule has 9 heavy (non-hydrogen) atoms. The largest absolute Gasteiger partial charge is 0.396 e. The van der Waals surface area contributed by atoms with Crippen molar-refractivity contribution in [3.05, 3.63) is 0 Å². The molecule has 0 aromatic heterocycles. The number of halogens is 1. The standard InChI is InChI=1S/C4H9ClO3S/c1-9(7,8)4(5)2-3-6/h4,6H,2-3H2,1H3. The van der Waals surface area contributed by atoms with Crippen LogP contribution < -0.4 is 0 Å². The first-order valence-corrected chi connectivity index (χ1v) is 4.81. The van der Waals surface area contributed by atoms with E-state index in [-0.39, 0.29) is 13.0 Å². The highest BCUT2D eigenvalue weighted by Gasteiger charge is 2.15. The third-order valence-electron chi connectivity index (χ3n) is 0.821. The monoisotopic (exact) mass is 172 g/mol. The lowest BCUT2D eigenvalue weighted by Crippen LogP contribution is -2.14. The fourth-order valence-corrected chi connectivity index (χ4v) is 0.947. The number of aliphatic hydroxyl groups excluding tert-OH is 1. The van der Waals surface area contributed by atoms with Gasteiger partial charge in [0, 0.05) is 19.3 Å². The molecule has 3 nitrogen and oxygen atoms in total. The highest BCUT2D eigenvalue weighted by Crippen LogP contribution is 2.07. The van der Waals surface area contributed by atoms with E-state index in [1.165, 1.54) is 0 Å². The van der Waals surface area contributed by atoms with E-state index in [0.29, 0.717) is 0 Å². The Hall–Kier alpha value is 0.200. The lowest BCUT2D eigenvalue weighted by molar-refractivity contribution is 0.292. The summed E-state index contributed by atoms with van der Waals surface area (Å²) in [7, 11) is -3.16. The summed E-state index contributed by atoms with van der Waals surface area (Å²) in [5.74, 6) is 0. The van der Waals surface area contributed by atoms with Crippen LogP contribution in [0.4, 0.5) is 0 Å². The number of aliphatic hydroxyl groups is 1. The predicted octanol–water partition coefficient (Wildman–Crippen LogP) is -0.0217. The van der Waals surface area contributed by atoms with Crippen molar-refractivity contribution >= 4 is 21.4 Å². The van der Waals surface area contributed by atoms with Gasteiger partial charge in [-0.05, 0) is 0 Å². The zero-order chi connectivity index (χ0) is 7.49. The van der Waals surface area contributed by atoms with Crippen LogP contribution in [-0.2, 0) is 9.84 Å². The molecule has 0 aliphatic rings. The Labute approximate surface area is 59.6 Å². The summed E-state index contributed by atoms with van der Waals surface area (Å²) in [5, 5.41) is 8.25. The lowest BCUT2D eigenvalue weighted by atomic mass is 10.5. The van der Waals surface area contributed by atoms with Crippen molar-refractivity contribution in [3.63, 3.8) is 0 Å². The van der Waals surface area contributed by atoms with Gasteiger partial charge >= 0.3 is 0 Å². The van der Waals surface area contributed by atoms with E-state index in [1.54, 1.807) is 0 Å². The average molecular weight is 173 g/mol. The highest BCUT2D eigenvalue weighted by molar-refractivity contribution is 7.92. The van der Waals surface area contributed by atoms with Gasteiger partial charge in [0.15, 0.2) is 9.84 Å². The molecule has 0 fully saturated rings. The summed E-state index contributed by atoms with van der Waals surface area (Å²) < 4.78 is 20.0. The molecule has 0 aliphatic carbocycles. The van der Waals surface area contributed by atoms with E-state index in [1.807, 2.05) is 0 Å². The first-order chi connectivity index (χ1) is 3.98. The Kier molecular flexibility index (Phi) is 3.46. The molecule has 1 atom stereocenters. The molecule has 0 heterocycles. The molecule has 0 spiro atoms. The van der Waals surface area contributed by atoms with Crippen molar-refractivity contribution in [1.29, 1.82) is 0 Å². The van der Waals surface area contributed by atoms with Gasteiger partial charge < -0.3 is 5.11 Å². The van der Waals surface area contributed by atoms with Gasteiger partial charge in [-0.3, -0.25) is 0 Å². The number of alkyl halides is 1. The number of sulfone groups is 1. The Morgan fingerprint density at radius 3 is 2.22 bits per heavy atom. The van der Waals surface area contributed by atoms with Gasteiger partial charge in [0.2, 0.25) is 0 Å². The first-order valence-electron chi connectivity index (χ1n) is 2.42. The normalized spacial score (nSPS) is 15.4. The highest BCUT2D eigenvalue weighted by atomic mass is 35.5. The summed E-state index contributed by atoms with van der Waals surface area (Å²) in [6.45, 7) is -0.193. The zero-order valence-electron chi connectivity index (χ0n) is 5.04. The van der Waals surface area contributed by atoms with Crippen LogP contribution >= 0.6 is 11.6 Å². The SMILES string of the molecule is CS(=O)(=O)C(Cl)CCO. The molecule has 0 radical (unpaired) electrons. The second kappa shape index (κ2) is 3.39. The Morgan fingerprint density at radius 2 is 2.11 bits per heavy atom. The van der Waals surface area contributed by atoms with Gasteiger partial charge in [-0.15, -0.1) is 11.6 Å². The minimum Gasteiger partial charge on any atom is -0.396 e. The van der Waals surface area contributed by atoms with E-state index < -0.39 is 14.5 Å². The fourth-order valence-electron chi connectivity index (χ4n) is 0.316. The second-order valence-electron chi connectivity index (χ2n) is 1.75. The summed E-state index contributed by atoms with van der Waals surface area (Å²) in [4.78, 5) is 0. The summed E-state index contributed by atoms with van der Waals surface area (Å²) in [6.07, 6.45) is 1.14. The number of hydrogen-bond acceptors (Lipinski definition) is 3. The predicted molar refractivity (Wildman–Crippen MR) is 36.2 cm³/mol. The molecule has 0 aromatic rings. The van der Waals surface area contributed by atoms with E-state index in [0.717, 1.165) is 6.26 Å². The molecule has 0 saturated heterocycles. The zero-order valence-corrected chi connectivity index (χ0v) is 6.61.